The number of carbonyl (C=O) groups excluding carboxylic acids is 3. The highest BCUT2D eigenvalue weighted by Gasteiger charge is 2.15. The summed E-state index contributed by atoms with van der Waals surface area (Å²) in [5, 5.41) is 2.54. The molecule has 140 valence electrons. The Hall–Kier alpha value is -3.61. The van der Waals surface area contributed by atoms with Gasteiger partial charge in [-0.25, -0.2) is 4.79 Å². The molecular weight excluding hydrogens is 350 g/mol. The van der Waals surface area contributed by atoms with E-state index in [-0.39, 0.29) is 11.4 Å². The molecule has 0 fully saturated rings. The van der Waals surface area contributed by atoms with E-state index in [1.807, 2.05) is 0 Å². The van der Waals surface area contributed by atoms with Gasteiger partial charge in [0.05, 0.1) is 14.2 Å². The molecule has 0 spiro atoms. The van der Waals surface area contributed by atoms with Gasteiger partial charge < -0.3 is 19.5 Å². The van der Waals surface area contributed by atoms with Gasteiger partial charge in [0, 0.05) is 12.5 Å². The lowest BCUT2D eigenvalue weighted by molar-refractivity contribution is -0.136. The maximum atomic E-state index is 12.3. The summed E-state index contributed by atoms with van der Waals surface area (Å²) >= 11 is 0. The van der Waals surface area contributed by atoms with Crippen molar-refractivity contribution in [2.75, 3.05) is 14.2 Å². The fraction of sp³-hybridized carbons (Fsp3) is 0.150. The highest BCUT2D eigenvalue weighted by atomic mass is 16.6. The molecular formula is C20H19NO6. The van der Waals surface area contributed by atoms with Gasteiger partial charge in [0.1, 0.15) is 5.70 Å². The third kappa shape index (κ3) is 5.43. The largest absolute Gasteiger partial charge is 0.493 e. The monoisotopic (exact) mass is 369 g/mol. The number of hydrogen-bond acceptors (Lipinski definition) is 6. The average molecular weight is 369 g/mol. The van der Waals surface area contributed by atoms with Crippen LogP contribution >= 0.6 is 0 Å². The van der Waals surface area contributed by atoms with Gasteiger partial charge in [0.25, 0.3) is 5.91 Å². The van der Waals surface area contributed by atoms with Crippen LogP contribution in [0.5, 0.6) is 11.5 Å². The second-order valence-corrected chi connectivity index (χ2v) is 5.37. The molecule has 0 bridgehead atoms. The Morgan fingerprint density at radius 2 is 1.67 bits per heavy atom. The number of amides is 1. The van der Waals surface area contributed by atoms with E-state index in [4.69, 9.17) is 14.2 Å². The topological polar surface area (TPSA) is 90.9 Å². The van der Waals surface area contributed by atoms with Crippen molar-refractivity contribution in [2.24, 2.45) is 0 Å². The molecule has 0 aliphatic heterocycles. The quantitative estimate of drug-likeness (QED) is 0.478. The van der Waals surface area contributed by atoms with Gasteiger partial charge in [-0.3, -0.25) is 9.59 Å². The van der Waals surface area contributed by atoms with Crippen molar-refractivity contribution in [2.45, 2.75) is 6.92 Å². The van der Waals surface area contributed by atoms with Crippen LogP contribution in [-0.2, 0) is 14.3 Å². The van der Waals surface area contributed by atoms with Crippen molar-refractivity contribution >= 4 is 23.9 Å². The van der Waals surface area contributed by atoms with Gasteiger partial charge in [-0.1, -0.05) is 24.3 Å². The molecule has 0 radical (unpaired) electrons. The molecule has 0 aromatic heterocycles. The Kier molecular flexibility index (Phi) is 6.71. The van der Waals surface area contributed by atoms with E-state index in [9.17, 15) is 14.4 Å². The van der Waals surface area contributed by atoms with Gasteiger partial charge in [0.2, 0.25) is 0 Å². The zero-order chi connectivity index (χ0) is 19.8. The van der Waals surface area contributed by atoms with E-state index >= 15 is 0 Å². The molecule has 2 aromatic carbocycles. The lowest BCUT2D eigenvalue weighted by atomic mass is 10.1. The second kappa shape index (κ2) is 9.19. The van der Waals surface area contributed by atoms with Crippen molar-refractivity contribution in [3.8, 4) is 11.5 Å². The Morgan fingerprint density at radius 3 is 2.26 bits per heavy atom. The van der Waals surface area contributed by atoms with Crippen LogP contribution in [0.4, 0.5) is 0 Å². The zero-order valence-corrected chi connectivity index (χ0v) is 15.1. The van der Waals surface area contributed by atoms with Crippen molar-refractivity contribution < 1.29 is 28.6 Å². The Labute approximate surface area is 156 Å². The second-order valence-electron chi connectivity index (χ2n) is 5.37. The molecule has 0 saturated carbocycles. The van der Waals surface area contributed by atoms with Gasteiger partial charge in [-0.15, -0.1) is 0 Å². The van der Waals surface area contributed by atoms with Crippen LogP contribution in [0.25, 0.3) is 6.08 Å². The van der Waals surface area contributed by atoms with Crippen LogP contribution < -0.4 is 14.8 Å². The predicted molar refractivity (Wildman–Crippen MR) is 98.2 cm³/mol. The molecule has 0 heterocycles. The van der Waals surface area contributed by atoms with Crippen LogP contribution in [0.15, 0.2) is 54.2 Å². The molecule has 0 aliphatic rings. The first kappa shape index (κ1) is 19.7. The average Bonchev–Trinajstić information content (AvgIpc) is 2.68. The SMILES string of the molecule is COC(=O)/C(=C/c1ccc(OC(C)=O)c(OC)c1)NC(=O)c1ccccc1. The van der Waals surface area contributed by atoms with Crippen LogP contribution in [0.2, 0.25) is 0 Å². The third-order valence-corrected chi connectivity index (χ3v) is 3.44. The highest BCUT2D eigenvalue weighted by Crippen LogP contribution is 2.29. The van der Waals surface area contributed by atoms with Crippen molar-refractivity contribution in [3.05, 3.63) is 65.4 Å². The van der Waals surface area contributed by atoms with Gasteiger partial charge in [-0.2, -0.15) is 0 Å². The zero-order valence-electron chi connectivity index (χ0n) is 15.1. The number of hydrogen-bond donors (Lipinski definition) is 1. The number of rotatable bonds is 6. The maximum absolute atomic E-state index is 12.3. The first-order valence-corrected chi connectivity index (χ1v) is 7.97. The van der Waals surface area contributed by atoms with Crippen LogP contribution in [-0.4, -0.2) is 32.1 Å². The summed E-state index contributed by atoms with van der Waals surface area (Å²) in [6.45, 7) is 1.28. The summed E-state index contributed by atoms with van der Waals surface area (Å²) in [6, 6.07) is 13.2. The Morgan fingerprint density at radius 1 is 0.963 bits per heavy atom. The summed E-state index contributed by atoms with van der Waals surface area (Å²) in [7, 11) is 2.64. The summed E-state index contributed by atoms with van der Waals surface area (Å²) < 4.78 is 15.0. The summed E-state index contributed by atoms with van der Waals surface area (Å²) in [4.78, 5) is 35.5. The molecule has 7 heteroatoms. The minimum Gasteiger partial charge on any atom is -0.493 e. The number of ether oxygens (including phenoxy) is 3. The maximum Gasteiger partial charge on any atom is 0.354 e. The van der Waals surface area contributed by atoms with Crippen molar-refractivity contribution in [1.82, 2.24) is 5.32 Å². The molecule has 2 rings (SSSR count). The first-order chi connectivity index (χ1) is 12.9. The minimum absolute atomic E-state index is 0.0476. The smallest absolute Gasteiger partial charge is 0.354 e. The van der Waals surface area contributed by atoms with Crippen LogP contribution in [0.3, 0.4) is 0 Å². The molecule has 0 atom stereocenters. The number of nitrogens with one attached hydrogen (secondary N) is 1. The molecule has 7 nitrogen and oxygen atoms in total. The van der Waals surface area contributed by atoms with Crippen LogP contribution in [0, 0.1) is 0 Å². The van der Waals surface area contributed by atoms with Crippen LogP contribution in [0.1, 0.15) is 22.8 Å². The molecule has 0 aliphatic carbocycles. The summed E-state index contributed by atoms with van der Waals surface area (Å²) in [5.74, 6) is -1.09. The van der Waals surface area contributed by atoms with E-state index in [0.29, 0.717) is 16.9 Å². The van der Waals surface area contributed by atoms with E-state index in [2.05, 4.69) is 5.32 Å². The van der Waals surface area contributed by atoms with E-state index < -0.39 is 17.8 Å². The van der Waals surface area contributed by atoms with Gasteiger partial charge >= 0.3 is 11.9 Å². The molecule has 27 heavy (non-hydrogen) atoms. The summed E-state index contributed by atoms with van der Waals surface area (Å²) in [5.41, 5.74) is 0.889. The fourth-order valence-electron chi connectivity index (χ4n) is 2.22. The Bertz CT molecular complexity index is 873. The number of benzene rings is 2. The number of methoxy groups -OCH3 is 2. The summed E-state index contributed by atoms with van der Waals surface area (Å²) in [6.07, 6.45) is 1.44. The van der Waals surface area contributed by atoms with Crippen molar-refractivity contribution in [3.63, 3.8) is 0 Å². The van der Waals surface area contributed by atoms with E-state index in [1.165, 1.54) is 33.3 Å². The number of esters is 2. The molecule has 1 amide bonds. The highest BCUT2D eigenvalue weighted by molar-refractivity contribution is 6.03. The normalized spacial score (nSPS) is 10.7. The Balaban J connectivity index is 2.33. The molecule has 1 N–H and O–H groups in total. The molecule has 2 aromatic rings. The lowest BCUT2D eigenvalue weighted by Gasteiger charge is -2.11. The van der Waals surface area contributed by atoms with E-state index in [0.717, 1.165) is 0 Å². The van der Waals surface area contributed by atoms with E-state index in [1.54, 1.807) is 42.5 Å². The standard InChI is InChI=1S/C20H19NO6/c1-13(22)27-17-10-9-14(12-18(17)25-2)11-16(20(24)26-3)21-19(23)15-7-5-4-6-8-15/h4-12H,1-3H3,(H,21,23)/b16-11-. The minimum atomic E-state index is -0.706. The lowest BCUT2D eigenvalue weighted by Crippen LogP contribution is -2.28. The molecule has 0 unspecified atom stereocenters. The third-order valence-electron chi connectivity index (χ3n) is 3.44. The number of carbonyl (C=O) groups is 3. The predicted octanol–water partition coefficient (Wildman–Crippen LogP) is 2.56. The van der Waals surface area contributed by atoms with Gasteiger partial charge in [0.15, 0.2) is 11.5 Å². The first-order valence-electron chi connectivity index (χ1n) is 7.97. The fourth-order valence-corrected chi connectivity index (χ4v) is 2.22. The van der Waals surface area contributed by atoms with Crippen molar-refractivity contribution in [1.29, 1.82) is 0 Å². The van der Waals surface area contributed by atoms with Gasteiger partial charge in [-0.05, 0) is 35.9 Å². The molecule has 0 saturated heterocycles.